The summed E-state index contributed by atoms with van der Waals surface area (Å²) < 4.78 is 6.58. The van der Waals surface area contributed by atoms with Crippen LogP contribution in [0.2, 0.25) is 0 Å². The Morgan fingerprint density at radius 2 is 2.00 bits per heavy atom. The molecule has 2 aromatic heterocycles. The van der Waals surface area contributed by atoms with Crippen LogP contribution >= 0.6 is 34.9 Å². The van der Waals surface area contributed by atoms with E-state index in [-0.39, 0.29) is 12.0 Å². The third-order valence-corrected chi connectivity index (χ3v) is 4.46. The molecule has 96 valence electrons. The zero-order valence-electron chi connectivity index (χ0n) is 9.45. The molecule has 0 radical (unpaired) electrons. The molecule has 0 amide bonds. The van der Waals surface area contributed by atoms with Crippen molar-refractivity contribution < 1.29 is 4.74 Å². The molecule has 0 spiro atoms. The van der Waals surface area contributed by atoms with Crippen LogP contribution in [0.1, 0.15) is 0 Å². The van der Waals surface area contributed by atoms with E-state index in [0.717, 1.165) is 8.68 Å². The van der Waals surface area contributed by atoms with Gasteiger partial charge in [-0.15, -0.1) is 10.2 Å². The van der Waals surface area contributed by atoms with E-state index in [4.69, 9.17) is 10.6 Å². The number of nitrogens with two attached hydrogens (primary N) is 1. The Kier molecular flexibility index (Phi) is 4.52. The van der Waals surface area contributed by atoms with Crippen LogP contribution in [0.15, 0.2) is 13.8 Å². The van der Waals surface area contributed by atoms with Crippen molar-refractivity contribution in [1.82, 2.24) is 25.1 Å². The number of rotatable bonds is 5. The summed E-state index contributed by atoms with van der Waals surface area (Å²) in [4.78, 5) is 12.1. The molecule has 2 heterocycles. The summed E-state index contributed by atoms with van der Waals surface area (Å²) in [5.74, 6) is 5.50. The number of nitrogens with one attached hydrogen (secondary N) is 1. The number of nitrogens with zero attached hydrogens (tertiary/aromatic N) is 5. The number of nitrogen functional groups attached to an aromatic ring is 1. The lowest BCUT2D eigenvalue weighted by atomic mass is 10.9. The molecule has 0 saturated heterocycles. The lowest BCUT2D eigenvalue weighted by Crippen LogP contribution is -2.12. The van der Waals surface area contributed by atoms with Crippen molar-refractivity contribution in [3.05, 3.63) is 0 Å². The molecule has 11 heteroatoms. The van der Waals surface area contributed by atoms with Crippen LogP contribution in [0.25, 0.3) is 0 Å². The highest BCUT2D eigenvalue weighted by atomic mass is 32.2. The van der Waals surface area contributed by atoms with Crippen molar-refractivity contribution in [2.45, 2.75) is 13.8 Å². The third-order valence-electron chi connectivity index (χ3n) is 1.65. The molecule has 18 heavy (non-hydrogen) atoms. The number of anilines is 1. The monoisotopic (exact) mass is 303 g/mol. The van der Waals surface area contributed by atoms with Gasteiger partial charge >= 0.3 is 6.01 Å². The van der Waals surface area contributed by atoms with Gasteiger partial charge in [-0.1, -0.05) is 23.1 Å². The highest BCUT2D eigenvalue weighted by Gasteiger charge is 2.11. The Labute approximate surface area is 115 Å². The van der Waals surface area contributed by atoms with E-state index in [1.807, 2.05) is 6.26 Å². The SMILES string of the molecule is COc1nc(NN)nc(Sc2nnc(SC)s2)n1. The molecule has 0 aliphatic carbocycles. The predicted octanol–water partition coefficient (Wildman–Crippen LogP) is 0.890. The average Bonchev–Trinajstić information content (AvgIpc) is 2.85. The molecule has 0 unspecified atom stereocenters. The minimum atomic E-state index is 0.190. The summed E-state index contributed by atoms with van der Waals surface area (Å²) in [5, 5.41) is 8.44. The molecule has 0 bridgehead atoms. The number of aromatic nitrogens is 5. The highest BCUT2D eigenvalue weighted by Crippen LogP contribution is 2.31. The molecule has 2 aromatic rings. The molecule has 8 nitrogen and oxygen atoms in total. The van der Waals surface area contributed by atoms with Gasteiger partial charge < -0.3 is 4.74 Å². The van der Waals surface area contributed by atoms with Crippen LogP contribution in [0.4, 0.5) is 5.95 Å². The standard InChI is InChI=1S/C7H9N7OS3/c1-15-4-9-3(12-8)10-5(11-4)17-7-14-13-6(16-2)18-7/h8H2,1-2H3,(H,9,10,11,12). The van der Waals surface area contributed by atoms with E-state index >= 15 is 0 Å². The van der Waals surface area contributed by atoms with Crippen LogP contribution in [-0.2, 0) is 0 Å². The maximum absolute atomic E-state index is 5.27. The fourth-order valence-corrected chi connectivity index (χ4v) is 3.22. The average molecular weight is 303 g/mol. The van der Waals surface area contributed by atoms with Crippen LogP contribution in [0.3, 0.4) is 0 Å². The van der Waals surface area contributed by atoms with E-state index in [0.29, 0.717) is 5.16 Å². The lowest BCUT2D eigenvalue weighted by molar-refractivity contribution is 0.373. The van der Waals surface area contributed by atoms with Crippen molar-refractivity contribution in [3.63, 3.8) is 0 Å². The van der Waals surface area contributed by atoms with Crippen LogP contribution in [-0.4, -0.2) is 38.5 Å². The van der Waals surface area contributed by atoms with Gasteiger partial charge in [0.25, 0.3) is 0 Å². The number of ether oxygens (including phenoxy) is 1. The Bertz CT molecular complexity index is 511. The molecule has 0 fully saturated rings. The Balaban J connectivity index is 2.22. The molecule has 0 aliphatic heterocycles. The zero-order chi connectivity index (χ0) is 13.0. The molecular formula is C7H9N7OS3. The summed E-state index contributed by atoms with van der Waals surface area (Å²) >= 11 is 4.28. The van der Waals surface area contributed by atoms with Gasteiger partial charge in [0.1, 0.15) is 0 Å². The second-order valence-corrected chi connectivity index (χ2v) is 5.96. The number of methoxy groups -OCH3 is 1. The molecule has 0 aromatic carbocycles. The highest BCUT2D eigenvalue weighted by molar-refractivity contribution is 8.02. The van der Waals surface area contributed by atoms with Crippen molar-refractivity contribution in [2.24, 2.45) is 5.84 Å². The van der Waals surface area contributed by atoms with E-state index in [1.165, 1.54) is 42.0 Å². The molecule has 3 N–H and O–H groups in total. The van der Waals surface area contributed by atoms with Crippen molar-refractivity contribution in [1.29, 1.82) is 0 Å². The first-order valence-electron chi connectivity index (χ1n) is 4.57. The Hall–Kier alpha value is -1.17. The van der Waals surface area contributed by atoms with Crippen LogP contribution in [0.5, 0.6) is 6.01 Å². The van der Waals surface area contributed by atoms with Gasteiger partial charge in [0.15, 0.2) is 8.68 Å². The van der Waals surface area contributed by atoms with Crippen molar-refractivity contribution >= 4 is 40.8 Å². The fourth-order valence-electron chi connectivity index (χ4n) is 0.938. The zero-order valence-corrected chi connectivity index (χ0v) is 11.9. The largest absolute Gasteiger partial charge is 0.467 e. The quantitative estimate of drug-likeness (QED) is 0.469. The number of hydrogen-bond acceptors (Lipinski definition) is 11. The van der Waals surface area contributed by atoms with Gasteiger partial charge in [0.2, 0.25) is 11.1 Å². The van der Waals surface area contributed by atoms with E-state index < -0.39 is 0 Å². The molecule has 0 atom stereocenters. The predicted molar refractivity (Wildman–Crippen MR) is 70.0 cm³/mol. The second-order valence-electron chi connectivity index (χ2n) is 2.71. The first-order valence-corrected chi connectivity index (χ1v) is 7.43. The summed E-state index contributed by atoms with van der Waals surface area (Å²) in [5.41, 5.74) is 2.35. The summed E-state index contributed by atoms with van der Waals surface area (Å²) in [6, 6.07) is 0.190. The maximum atomic E-state index is 5.27. The number of hydrogen-bond donors (Lipinski definition) is 2. The van der Waals surface area contributed by atoms with Gasteiger partial charge in [-0.3, -0.25) is 5.43 Å². The van der Waals surface area contributed by atoms with E-state index in [9.17, 15) is 0 Å². The normalized spacial score (nSPS) is 10.4. The molecule has 0 saturated carbocycles. The van der Waals surface area contributed by atoms with Gasteiger partial charge in [0, 0.05) is 0 Å². The van der Waals surface area contributed by atoms with Crippen molar-refractivity contribution in [2.75, 3.05) is 18.8 Å². The lowest BCUT2D eigenvalue weighted by Gasteiger charge is -2.03. The fraction of sp³-hybridized carbons (Fsp3) is 0.286. The summed E-state index contributed by atoms with van der Waals surface area (Å²) in [6.45, 7) is 0. The van der Waals surface area contributed by atoms with Crippen LogP contribution < -0.4 is 16.0 Å². The smallest absolute Gasteiger partial charge is 0.322 e. The molecule has 2 rings (SSSR count). The Morgan fingerprint density at radius 3 is 2.61 bits per heavy atom. The maximum Gasteiger partial charge on any atom is 0.322 e. The van der Waals surface area contributed by atoms with Crippen molar-refractivity contribution in [3.8, 4) is 6.01 Å². The second kappa shape index (κ2) is 6.13. The van der Waals surface area contributed by atoms with Gasteiger partial charge in [0.05, 0.1) is 7.11 Å². The van der Waals surface area contributed by atoms with Gasteiger partial charge in [-0.25, -0.2) is 5.84 Å². The first-order chi connectivity index (χ1) is 8.75. The minimum Gasteiger partial charge on any atom is -0.467 e. The Morgan fingerprint density at radius 1 is 1.22 bits per heavy atom. The van der Waals surface area contributed by atoms with E-state index in [2.05, 4.69) is 30.6 Å². The first kappa shape index (κ1) is 13.3. The minimum absolute atomic E-state index is 0.190. The van der Waals surface area contributed by atoms with Crippen LogP contribution in [0, 0.1) is 0 Å². The topological polar surface area (TPSA) is 112 Å². The van der Waals surface area contributed by atoms with Gasteiger partial charge in [-0.2, -0.15) is 15.0 Å². The molecule has 0 aliphatic rings. The summed E-state index contributed by atoms with van der Waals surface area (Å²) in [7, 11) is 1.47. The van der Waals surface area contributed by atoms with Gasteiger partial charge in [-0.05, 0) is 18.0 Å². The van der Waals surface area contributed by atoms with E-state index in [1.54, 1.807) is 0 Å². The number of thioether (sulfide) groups is 1. The molecular weight excluding hydrogens is 294 g/mol. The number of hydrazine groups is 1. The summed E-state index contributed by atoms with van der Waals surface area (Å²) in [6.07, 6.45) is 1.94. The third kappa shape index (κ3) is 3.19.